The maximum atomic E-state index is 13.2. The largest absolute Gasteiger partial charge is 0.374 e. The van der Waals surface area contributed by atoms with Gasteiger partial charge in [-0.25, -0.2) is 8.78 Å². The molecule has 4 rings (SSSR count). The predicted molar refractivity (Wildman–Crippen MR) is 70.1 cm³/mol. The molecule has 2 bridgehead atoms. The summed E-state index contributed by atoms with van der Waals surface area (Å²) in [5.41, 5.74) is 0. The first-order valence-electron chi connectivity index (χ1n) is 7.09. The molecule has 114 valence electrons. The molecule has 5 atom stereocenters. The minimum absolute atomic E-state index is 0. The van der Waals surface area contributed by atoms with E-state index in [1.165, 1.54) is 0 Å². The van der Waals surface area contributed by atoms with E-state index in [4.69, 9.17) is 4.74 Å². The first-order chi connectivity index (χ1) is 9.03. The predicted octanol–water partition coefficient (Wildman–Crippen LogP) is 1.04. The second kappa shape index (κ2) is 4.78. The van der Waals surface area contributed by atoms with Crippen LogP contribution >= 0.6 is 12.4 Å². The third kappa shape index (κ3) is 2.12. The Labute approximate surface area is 122 Å². The summed E-state index contributed by atoms with van der Waals surface area (Å²) in [4.78, 5) is 14.1. The van der Waals surface area contributed by atoms with Crippen molar-refractivity contribution in [3.63, 3.8) is 0 Å². The number of alkyl halides is 2. The molecule has 0 radical (unpaired) electrons. The Morgan fingerprint density at radius 1 is 1.20 bits per heavy atom. The standard InChI is InChI=1S/C13H18F2N2O2.ClH/c14-13(15)3-9(16-6-13)12(18)17-4-7-8(5-17)11-2-1-10(7)19-11;/h7-11,16H,1-6H2;1H. The van der Waals surface area contributed by atoms with Crippen molar-refractivity contribution in [2.45, 2.75) is 43.4 Å². The van der Waals surface area contributed by atoms with E-state index in [0.29, 0.717) is 37.1 Å². The Morgan fingerprint density at radius 3 is 2.30 bits per heavy atom. The van der Waals surface area contributed by atoms with Crippen LogP contribution in [0.5, 0.6) is 0 Å². The van der Waals surface area contributed by atoms with Gasteiger partial charge in [-0.2, -0.15) is 0 Å². The molecule has 0 saturated carbocycles. The van der Waals surface area contributed by atoms with Crippen molar-refractivity contribution >= 4 is 18.3 Å². The van der Waals surface area contributed by atoms with Crippen LogP contribution in [0.15, 0.2) is 0 Å². The molecule has 7 heteroatoms. The molecule has 4 heterocycles. The quantitative estimate of drug-likeness (QED) is 0.787. The molecule has 1 amide bonds. The summed E-state index contributed by atoms with van der Waals surface area (Å²) in [5.74, 6) is -2.02. The minimum Gasteiger partial charge on any atom is -0.374 e. The average Bonchev–Trinajstić information content (AvgIpc) is 3.07. The van der Waals surface area contributed by atoms with Gasteiger partial charge in [-0.3, -0.25) is 10.1 Å². The maximum absolute atomic E-state index is 13.2. The highest BCUT2D eigenvalue weighted by molar-refractivity contribution is 5.85. The van der Waals surface area contributed by atoms with Crippen LogP contribution in [0.1, 0.15) is 19.3 Å². The molecule has 0 aromatic rings. The number of likely N-dealkylation sites (tertiary alicyclic amines) is 1. The van der Waals surface area contributed by atoms with Crippen LogP contribution in [0, 0.1) is 11.8 Å². The number of nitrogens with one attached hydrogen (secondary N) is 1. The van der Waals surface area contributed by atoms with Gasteiger partial charge in [0.1, 0.15) is 0 Å². The lowest BCUT2D eigenvalue weighted by molar-refractivity contribution is -0.133. The van der Waals surface area contributed by atoms with E-state index in [0.717, 1.165) is 12.8 Å². The van der Waals surface area contributed by atoms with E-state index in [9.17, 15) is 13.6 Å². The second-order valence-corrected chi connectivity index (χ2v) is 6.35. The molecule has 0 aliphatic carbocycles. The minimum atomic E-state index is -2.74. The average molecular weight is 309 g/mol. The van der Waals surface area contributed by atoms with E-state index in [-0.39, 0.29) is 31.3 Å². The van der Waals surface area contributed by atoms with Gasteiger partial charge >= 0.3 is 0 Å². The van der Waals surface area contributed by atoms with E-state index in [1.54, 1.807) is 4.90 Å². The van der Waals surface area contributed by atoms with E-state index >= 15 is 0 Å². The van der Waals surface area contributed by atoms with Gasteiger partial charge in [0.25, 0.3) is 5.92 Å². The monoisotopic (exact) mass is 308 g/mol. The smallest absolute Gasteiger partial charge is 0.262 e. The second-order valence-electron chi connectivity index (χ2n) is 6.35. The lowest BCUT2D eigenvalue weighted by atomic mass is 9.82. The van der Waals surface area contributed by atoms with Crippen LogP contribution in [0.4, 0.5) is 8.78 Å². The molecule has 1 N–H and O–H groups in total. The fourth-order valence-corrected chi connectivity index (χ4v) is 4.25. The summed E-state index contributed by atoms with van der Waals surface area (Å²) in [7, 11) is 0. The first-order valence-corrected chi connectivity index (χ1v) is 7.09. The zero-order valence-electron chi connectivity index (χ0n) is 11.1. The van der Waals surface area contributed by atoms with Gasteiger partial charge in [-0.05, 0) is 12.8 Å². The summed E-state index contributed by atoms with van der Waals surface area (Å²) < 4.78 is 32.2. The Morgan fingerprint density at radius 2 is 1.80 bits per heavy atom. The topological polar surface area (TPSA) is 41.6 Å². The van der Waals surface area contributed by atoms with Gasteiger partial charge in [-0.1, -0.05) is 0 Å². The maximum Gasteiger partial charge on any atom is 0.262 e. The van der Waals surface area contributed by atoms with Gasteiger partial charge in [0.05, 0.1) is 24.8 Å². The number of hydrogen-bond donors (Lipinski definition) is 1. The molecular weight excluding hydrogens is 290 g/mol. The van der Waals surface area contributed by atoms with Crippen LogP contribution in [0.2, 0.25) is 0 Å². The van der Waals surface area contributed by atoms with E-state index in [1.807, 2.05) is 0 Å². The molecule has 4 nitrogen and oxygen atoms in total. The SMILES string of the molecule is Cl.O=C(C1CC(F)(F)CN1)N1CC2C3CCC(O3)C2C1. The number of hydrogen-bond acceptors (Lipinski definition) is 3. The van der Waals surface area contributed by atoms with Crippen LogP contribution in [-0.4, -0.2) is 54.6 Å². The molecule has 5 unspecified atom stereocenters. The summed E-state index contributed by atoms with van der Waals surface area (Å²) in [6, 6.07) is -0.701. The Bertz CT molecular complexity index is 405. The van der Waals surface area contributed by atoms with Crippen LogP contribution in [0.3, 0.4) is 0 Å². The zero-order chi connectivity index (χ0) is 13.2. The lowest BCUT2D eigenvalue weighted by Gasteiger charge is -2.22. The van der Waals surface area contributed by atoms with Crippen molar-refractivity contribution in [3.8, 4) is 0 Å². The van der Waals surface area contributed by atoms with E-state index in [2.05, 4.69) is 5.32 Å². The lowest BCUT2D eigenvalue weighted by Crippen LogP contribution is -2.43. The normalized spacial score (nSPS) is 44.5. The highest BCUT2D eigenvalue weighted by Gasteiger charge is 2.55. The number of ether oxygens (including phenoxy) is 1. The van der Waals surface area contributed by atoms with Gasteiger partial charge < -0.3 is 9.64 Å². The summed E-state index contributed by atoms with van der Waals surface area (Å²) >= 11 is 0. The molecule has 4 saturated heterocycles. The van der Waals surface area contributed by atoms with Crippen LogP contribution in [-0.2, 0) is 9.53 Å². The number of rotatable bonds is 1. The Hall–Kier alpha value is -0.460. The van der Waals surface area contributed by atoms with Crippen molar-refractivity contribution in [1.82, 2.24) is 10.2 Å². The van der Waals surface area contributed by atoms with Gasteiger partial charge in [-0.15, -0.1) is 12.4 Å². The van der Waals surface area contributed by atoms with Gasteiger partial charge in [0, 0.05) is 31.3 Å². The molecule has 4 aliphatic rings. The molecular formula is C13H19ClF2N2O2. The molecule has 0 aromatic heterocycles. The molecule has 4 aliphatic heterocycles. The van der Waals surface area contributed by atoms with Gasteiger partial charge in [0.15, 0.2) is 0 Å². The Kier molecular flexibility index (Phi) is 3.46. The van der Waals surface area contributed by atoms with Crippen molar-refractivity contribution in [1.29, 1.82) is 0 Å². The molecule has 0 spiro atoms. The fraction of sp³-hybridized carbons (Fsp3) is 0.923. The molecule has 20 heavy (non-hydrogen) atoms. The number of amides is 1. The Balaban J connectivity index is 0.00000121. The highest BCUT2D eigenvalue weighted by Crippen LogP contribution is 2.47. The number of fused-ring (bicyclic) bond motifs is 5. The fourth-order valence-electron chi connectivity index (χ4n) is 4.25. The number of halogens is 3. The van der Waals surface area contributed by atoms with E-state index < -0.39 is 12.0 Å². The summed E-state index contributed by atoms with van der Waals surface area (Å²) in [5, 5.41) is 2.65. The first kappa shape index (κ1) is 14.5. The number of carbonyl (C=O) groups excluding carboxylic acids is 1. The highest BCUT2D eigenvalue weighted by atomic mass is 35.5. The van der Waals surface area contributed by atoms with Crippen LogP contribution < -0.4 is 5.32 Å². The van der Waals surface area contributed by atoms with Crippen LogP contribution in [0.25, 0.3) is 0 Å². The van der Waals surface area contributed by atoms with Crippen molar-refractivity contribution in [3.05, 3.63) is 0 Å². The molecule has 0 aromatic carbocycles. The van der Waals surface area contributed by atoms with Crippen molar-refractivity contribution in [2.75, 3.05) is 19.6 Å². The zero-order valence-corrected chi connectivity index (χ0v) is 11.9. The number of carbonyl (C=O) groups is 1. The third-order valence-electron chi connectivity index (χ3n) is 5.17. The summed E-state index contributed by atoms with van der Waals surface area (Å²) in [6.45, 7) is 1.00. The number of nitrogens with zero attached hydrogens (tertiary/aromatic N) is 1. The summed E-state index contributed by atoms with van der Waals surface area (Å²) in [6.07, 6.45) is 2.42. The van der Waals surface area contributed by atoms with Crippen molar-refractivity contribution in [2.24, 2.45) is 11.8 Å². The van der Waals surface area contributed by atoms with Gasteiger partial charge in [0.2, 0.25) is 5.91 Å². The third-order valence-corrected chi connectivity index (χ3v) is 5.17. The van der Waals surface area contributed by atoms with Crippen molar-refractivity contribution < 1.29 is 18.3 Å². The molecule has 4 fully saturated rings.